The van der Waals surface area contributed by atoms with E-state index in [1.807, 2.05) is 30.3 Å². The van der Waals surface area contributed by atoms with Crippen molar-refractivity contribution in [3.05, 3.63) is 59.5 Å². The molecule has 4 nitrogen and oxygen atoms in total. The van der Waals surface area contributed by atoms with E-state index in [4.69, 9.17) is 4.42 Å². The van der Waals surface area contributed by atoms with Crippen LogP contribution in [0, 0.1) is 12.8 Å². The summed E-state index contributed by atoms with van der Waals surface area (Å²) in [5, 5.41) is 4.31. The Bertz CT molecular complexity index is 627. The molecule has 0 atom stereocenters. The predicted octanol–water partition coefficient (Wildman–Crippen LogP) is 3.77. The Labute approximate surface area is 124 Å². The Balaban J connectivity index is 2.17. The summed E-state index contributed by atoms with van der Waals surface area (Å²) in [4.78, 5) is 12.1. The molecular formula is C17H20N2O2. The molecule has 0 saturated carbocycles. The maximum atomic E-state index is 12.1. The molecule has 0 bridgehead atoms. The predicted molar refractivity (Wildman–Crippen MR) is 83.3 cm³/mol. The van der Waals surface area contributed by atoms with Crippen LogP contribution < -0.4 is 5.43 Å². The molecule has 2 aromatic rings. The molecule has 0 radical (unpaired) electrons. The van der Waals surface area contributed by atoms with Gasteiger partial charge in [0.2, 0.25) is 0 Å². The first-order valence-corrected chi connectivity index (χ1v) is 7.04. The maximum absolute atomic E-state index is 12.1. The molecule has 0 unspecified atom stereocenters. The standard InChI is InChI=1S/C17H20N2O2/c1-12(2)11-16(14-7-5-4-6-8-14)18-19-17(20)15-9-10-21-13(15)3/h4-10,12H,11H2,1-3H3,(H,19,20). The lowest BCUT2D eigenvalue weighted by atomic mass is 10.0. The van der Waals surface area contributed by atoms with Gasteiger partial charge in [0.05, 0.1) is 17.5 Å². The molecule has 2 rings (SSSR count). The van der Waals surface area contributed by atoms with Crippen LogP contribution in [0.3, 0.4) is 0 Å². The van der Waals surface area contributed by atoms with Crippen molar-refractivity contribution >= 4 is 11.6 Å². The van der Waals surface area contributed by atoms with Crippen LogP contribution in [-0.2, 0) is 0 Å². The number of amides is 1. The third-order valence-corrected chi connectivity index (χ3v) is 3.10. The Kier molecular flexibility index (Phi) is 4.93. The monoisotopic (exact) mass is 284 g/mol. The summed E-state index contributed by atoms with van der Waals surface area (Å²) >= 11 is 0. The van der Waals surface area contributed by atoms with Gasteiger partial charge in [-0.2, -0.15) is 5.10 Å². The number of hydrogen-bond acceptors (Lipinski definition) is 3. The van der Waals surface area contributed by atoms with E-state index in [9.17, 15) is 4.79 Å². The van der Waals surface area contributed by atoms with Gasteiger partial charge in [0.1, 0.15) is 5.76 Å². The average Bonchev–Trinajstić information content (AvgIpc) is 2.90. The van der Waals surface area contributed by atoms with Gasteiger partial charge in [0.25, 0.3) is 5.91 Å². The first-order chi connectivity index (χ1) is 10.1. The number of carbonyl (C=O) groups excluding carboxylic acids is 1. The van der Waals surface area contributed by atoms with Crippen LogP contribution in [0.25, 0.3) is 0 Å². The Morgan fingerprint density at radius 3 is 2.52 bits per heavy atom. The number of nitrogens with zero attached hydrogens (tertiary/aromatic N) is 1. The van der Waals surface area contributed by atoms with Crippen molar-refractivity contribution in [2.24, 2.45) is 11.0 Å². The quantitative estimate of drug-likeness (QED) is 0.671. The molecule has 0 aliphatic carbocycles. The lowest BCUT2D eigenvalue weighted by molar-refractivity contribution is 0.0953. The molecule has 21 heavy (non-hydrogen) atoms. The Morgan fingerprint density at radius 1 is 1.24 bits per heavy atom. The van der Waals surface area contributed by atoms with Crippen LogP contribution in [0.5, 0.6) is 0 Å². The molecule has 0 spiro atoms. The summed E-state index contributed by atoms with van der Waals surface area (Å²) in [5.41, 5.74) is 5.03. The van der Waals surface area contributed by atoms with Gasteiger partial charge in [0, 0.05) is 0 Å². The second-order valence-electron chi connectivity index (χ2n) is 5.35. The molecule has 0 saturated heterocycles. The summed E-state index contributed by atoms with van der Waals surface area (Å²) in [6.45, 7) is 6.01. The minimum absolute atomic E-state index is 0.251. The fourth-order valence-electron chi connectivity index (χ4n) is 2.04. The van der Waals surface area contributed by atoms with E-state index in [2.05, 4.69) is 24.4 Å². The summed E-state index contributed by atoms with van der Waals surface area (Å²) < 4.78 is 5.13. The van der Waals surface area contributed by atoms with Crippen LogP contribution in [0.2, 0.25) is 0 Å². The largest absolute Gasteiger partial charge is 0.469 e. The molecule has 1 N–H and O–H groups in total. The number of furan rings is 1. The molecule has 1 aromatic heterocycles. The second kappa shape index (κ2) is 6.88. The van der Waals surface area contributed by atoms with Gasteiger partial charge >= 0.3 is 0 Å². The van der Waals surface area contributed by atoms with Gasteiger partial charge in [-0.3, -0.25) is 4.79 Å². The number of hydrogen-bond donors (Lipinski definition) is 1. The highest BCUT2D eigenvalue weighted by atomic mass is 16.3. The Hall–Kier alpha value is -2.36. The molecule has 0 aliphatic rings. The summed E-state index contributed by atoms with van der Waals surface area (Å²) in [6, 6.07) is 11.5. The van der Waals surface area contributed by atoms with E-state index in [0.29, 0.717) is 17.2 Å². The zero-order valence-corrected chi connectivity index (χ0v) is 12.6. The molecule has 0 fully saturated rings. The first kappa shape index (κ1) is 15.0. The highest BCUT2D eigenvalue weighted by molar-refractivity contribution is 6.02. The minimum atomic E-state index is -0.251. The molecule has 1 aromatic carbocycles. The molecule has 0 aliphatic heterocycles. The van der Waals surface area contributed by atoms with E-state index >= 15 is 0 Å². The third-order valence-electron chi connectivity index (χ3n) is 3.10. The van der Waals surface area contributed by atoms with Crippen molar-refractivity contribution in [1.29, 1.82) is 0 Å². The van der Waals surface area contributed by atoms with Gasteiger partial charge < -0.3 is 4.42 Å². The topological polar surface area (TPSA) is 54.6 Å². The zero-order chi connectivity index (χ0) is 15.2. The fraction of sp³-hybridized carbons (Fsp3) is 0.294. The number of carbonyl (C=O) groups is 1. The van der Waals surface area contributed by atoms with Crippen molar-refractivity contribution in [3.63, 3.8) is 0 Å². The molecule has 4 heteroatoms. The van der Waals surface area contributed by atoms with Crippen LogP contribution in [0.15, 0.2) is 52.2 Å². The van der Waals surface area contributed by atoms with Gasteiger partial charge in [-0.1, -0.05) is 44.2 Å². The normalized spacial score (nSPS) is 11.7. The molecule has 1 amide bonds. The van der Waals surface area contributed by atoms with Gasteiger partial charge in [-0.25, -0.2) is 5.43 Å². The second-order valence-corrected chi connectivity index (χ2v) is 5.35. The van der Waals surface area contributed by atoms with Crippen LogP contribution in [-0.4, -0.2) is 11.6 Å². The first-order valence-electron chi connectivity index (χ1n) is 7.04. The van der Waals surface area contributed by atoms with E-state index in [1.54, 1.807) is 13.0 Å². The number of benzene rings is 1. The van der Waals surface area contributed by atoms with E-state index in [-0.39, 0.29) is 5.91 Å². The highest BCUT2D eigenvalue weighted by Gasteiger charge is 2.12. The Morgan fingerprint density at radius 2 is 1.95 bits per heavy atom. The van der Waals surface area contributed by atoms with E-state index < -0.39 is 0 Å². The van der Waals surface area contributed by atoms with Gasteiger partial charge in [-0.05, 0) is 30.9 Å². The summed E-state index contributed by atoms with van der Waals surface area (Å²) in [6.07, 6.45) is 2.30. The fourth-order valence-corrected chi connectivity index (χ4v) is 2.04. The van der Waals surface area contributed by atoms with Crippen molar-refractivity contribution in [1.82, 2.24) is 5.43 Å². The van der Waals surface area contributed by atoms with Crippen LogP contribution in [0.1, 0.15) is 41.9 Å². The number of rotatable bonds is 5. The van der Waals surface area contributed by atoms with Crippen LogP contribution in [0.4, 0.5) is 0 Å². The molecule has 110 valence electrons. The van der Waals surface area contributed by atoms with E-state index in [1.165, 1.54) is 6.26 Å². The van der Waals surface area contributed by atoms with Gasteiger partial charge in [-0.15, -0.1) is 0 Å². The average molecular weight is 284 g/mol. The van der Waals surface area contributed by atoms with Crippen molar-refractivity contribution in [2.45, 2.75) is 27.2 Å². The maximum Gasteiger partial charge on any atom is 0.274 e. The number of nitrogens with one attached hydrogen (secondary N) is 1. The smallest absolute Gasteiger partial charge is 0.274 e. The number of hydrazone groups is 1. The van der Waals surface area contributed by atoms with Crippen molar-refractivity contribution in [3.8, 4) is 0 Å². The third kappa shape index (κ3) is 4.05. The lowest BCUT2D eigenvalue weighted by Crippen LogP contribution is -2.21. The zero-order valence-electron chi connectivity index (χ0n) is 12.6. The van der Waals surface area contributed by atoms with Crippen molar-refractivity contribution < 1.29 is 9.21 Å². The van der Waals surface area contributed by atoms with Gasteiger partial charge in [0.15, 0.2) is 0 Å². The lowest BCUT2D eigenvalue weighted by Gasteiger charge is -2.09. The highest BCUT2D eigenvalue weighted by Crippen LogP contribution is 2.11. The van der Waals surface area contributed by atoms with Crippen LogP contribution >= 0.6 is 0 Å². The minimum Gasteiger partial charge on any atom is -0.469 e. The molecule has 1 heterocycles. The SMILES string of the molecule is Cc1occc1C(=O)NN=C(CC(C)C)c1ccccc1. The van der Waals surface area contributed by atoms with Crippen molar-refractivity contribution in [2.75, 3.05) is 0 Å². The summed E-state index contributed by atoms with van der Waals surface area (Å²) in [7, 11) is 0. The number of aryl methyl sites for hydroxylation is 1. The van der Waals surface area contributed by atoms with E-state index in [0.717, 1.165) is 17.7 Å². The summed E-state index contributed by atoms with van der Waals surface area (Å²) in [5.74, 6) is 0.794. The molecular weight excluding hydrogens is 264 g/mol.